The fraction of sp³-hybridized carbons (Fsp3) is 0.575. The third-order valence-corrected chi connectivity index (χ3v) is 11.3. The van der Waals surface area contributed by atoms with Crippen LogP contribution in [0.15, 0.2) is 42.5 Å². The van der Waals surface area contributed by atoms with Gasteiger partial charge in [0.1, 0.15) is 17.4 Å². The van der Waals surface area contributed by atoms with Crippen LogP contribution in [-0.2, 0) is 44.6 Å². The minimum Gasteiger partial charge on any atom is -0.381 e. The molecule has 2 aromatic carbocycles. The third kappa shape index (κ3) is 9.59. The van der Waals surface area contributed by atoms with E-state index >= 15 is 0 Å². The van der Waals surface area contributed by atoms with Gasteiger partial charge in [-0.15, -0.1) is 0 Å². The summed E-state index contributed by atoms with van der Waals surface area (Å²) in [5, 5.41) is 12.9. The first-order valence-electron chi connectivity index (χ1n) is 18.9. The summed E-state index contributed by atoms with van der Waals surface area (Å²) in [6.45, 7) is 10.5. The number of benzene rings is 2. The predicted octanol–water partition coefficient (Wildman–Crippen LogP) is 5.99. The number of carbonyl (C=O) groups excluding carboxylic acids is 3. The van der Waals surface area contributed by atoms with Crippen LogP contribution in [-0.4, -0.2) is 66.6 Å². The largest absolute Gasteiger partial charge is 0.418 e. The quantitative estimate of drug-likeness (QED) is 0.123. The molecule has 1 aliphatic carbocycles. The molecular formula is C40H53F4N5O4. The summed E-state index contributed by atoms with van der Waals surface area (Å²) in [5.74, 6) is -1.93. The number of alkyl halides is 3. The summed E-state index contributed by atoms with van der Waals surface area (Å²) in [4.78, 5) is 45.3. The summed E-state index contributed by atoms with van der Waals surface area (Å²) in [5.41, 5.74) is -1.09. The zero-order valence-electron chi connectivity index (χ0n) is 31.1. The Morgan fingerprint density at radius 3 is 2.38 bits per heavy atom. The molecule has 5 atom stereocenters. The van der Waals surface area contributed by atoms with Crippen LogP contribution in [0.2, 0.25) is 0 Å². The van der Waals surface area contributed by atoms with Gasteiger partial charge in [-0.1, -0.05) is 70.9 Å². The normalized spacial score (nSPS) is 20.2. The van der Waals surface area contributed by atoms with Crippen LogP contribution >= 0.6 is 0 Å². The number of fused-ring (bicyclic) bond motifs is 3. The third-order valence-electron chi connectivity index (χ3n) is 11.3. The van der Waals surface area contributed by atoms with Crippen LogP contribution in [0.3, 0.4) is 0 Å². The molecule has 2 unspecified atom stereocenters. The maximum Gasteiger partial charge on any atom is 0.418 e. The van der Waals surface area contributed by atoms with Crippen molar-refractivity contribution in [3.63, 3.8) is 0 Å². The SMILES string of the molecule is CCC(C)[C@H](NC(=O)Cc1ccccc1F)C(=O)N[C@]1(C(=O)NC(CNCC2CCOCC2)[C@@H](C)CC)CCc2[nH]c3c(C(F)(F)F)cccc3c2C1. The molecule has 3 amide bonds. The maximum atomic E-state index is 14.7. The number of nitrogens with one attached hydrogen (secondary N) is 5. The highest BCUT2D eigenvalue weighted by molar-refractivity contribution is 5.97. The number of para-hydroxylation sites is 1. The lowest BCUT2D eigenvalue weighted by atomic mass is 9.78. The number of ether oxygens (including phenoxy) is 1. The summed E-state index contributed by atoms with van der Waals surface area (Å²) in [7, 11) is 0. The van der Waals surface area contributed by atoms with E-state index in [2.05, 4.69) is 26.3 Å². The van der Waals surface area contributed by atoms with Gasteiger partial charge < -0.3 is 31.0 Å². The minimum atomic E-state index is -4.60. The lowest BCUT2D eigenvalue weighted by molar-refractivity contribution is -0.137. The number of hydrogen-bond donors (Lipinski definition) is 5. The Balaban J connectivity index is 1.45. The van der Waals surface area contributed by atoms with Crippen LogP contribution < -0.4 is 21.3 Å². The van der Waals surface area contributed by atoms with E-state index in [-0.39, 0.29) is 54.6 Å². The van der Waals surface area contributed by atoms with Crippen LogP contribution in [0, 0.1) is 23.6 Å². The molecule has 13 heteroatoms. The average molecular weight is 744 g/mol. The second kappa shape index (κ2) is 17.4. The number of amides is 3. The second-order valence-electron chi connectivity index (χ2n) is 14.9. The molecular weight excluding hydrogens is 690 g/mol. The fourth-order valence-electron chi connectivity index (χ4n) is 7.50. The Hall–Kier alpha value is -3.97. The van der Waals surface area contributed by atoms with Gasteiger partial charge in [-0.05, 0) is 73.2 Å². The van der Waals surface area contributed by atoms with Gasteiger partial charge in [0, 0.05) is 43.3 Å². The highest BCUT2D eigenvalue weighted by Crippen LogP contribution is 2.40. The van der Waals surface area contributed by atoms with Crippen molar-refractivity contribution in [2.24, 2.45) is 17.8 Å². The number of aryl methyl sites for hydroxylation is 1. The van der Waals surface area contributed by atoms with Crippen LogP contribution in [0.1, 0.15) is 82.2 Å². The van der Waals surface area contributed by atoms with Crippen molar-refractivity contribution < 1.29 is 36.7 Å². The number of carbonyl (C=O) groups is 3. The molecule has 5 N–H and O–H groups in total. The molecule has 0 spiro atoms. The molecule has 2 aliphatic rings. The molecule has 290 valence electrons. The molecule has 1 aliphatic heterocycles. The standard InChI is InChI=1S/C40H53F4N5O4/c1-5-24(3)33(23-45-22-26-15-18-53-19-16-26)47-38(52)39(17-14-32-29(21-39)28-11-9-12-30(36(28)46-32)40(42,43)44)49-37(51)35(25(4)6-2)48-34(50)20-27-10-7-8-13-31(27)41/h7-13,24-26,33,35,45-46H,5-6,14-23H2,1-4H3,(H,47,52)(H,48,50)(H,49,51)/t24-,25?,33?,35-,39+/m0/s1. The Labute approximate surface area is 308 Å². The lowest BCUT2D eigenvalue weighted by Crippen LogP contribution is -2.66. The van der Waals surface area contributed by atoms with Crippen molar-refractivity contribution in [2.75, 3.05) is 26.3 Å². The number of aromatic nitrogens is 1. The Morgan fingerprint density at radius 1 is 0.981 bits per heavy atom. The summed E-state index contributed by atoms with van der Waals surface area (Å²) >= 11 is 0. The van der Waals surface area contributed by atoms with Crippen LogP contribution in [0.4, 0.5) is 17.6 Å². The summed E-state index contributed by atoms with van der Waals surface area (Å²) in [6.07, 6.45) is -1.40. The average Bonchev–Trinajstić information content (AvgIpc) is 3.51. The minimum absolute atomic E-state index is 0.0552. The van der Waals surface area contributed by atoms with E-state index < -0.39 is 46.9 Å². The van der Waals surface area contributed by atoms with E-state index in [1.807, 2.05) is 20.8 Å². The van der Waals surface area contributed by atoms with Gasteiger partial charge >= 0.3 is 6.18 Å². The highest BCUT2D eigenvalue weighted by Gasteiger charge is 2.47. The number of H-pyrrole nitrogens is 1. The number of aromatic amines is 1. The van der Waals surface area contributed by atoms with Crippen molar-refractivity contribution in [2.45, 2.75) is 103 Å². The van der Waals surface area contributed by atoms with E-state index in [4.69, 9.17) is 4.74 Å². The number of halogens is 4. The number of hydrogen-bond acceptors (Lipinski definition) is 5. The Morgan fingerprint density at radius 2 is 1.70 bits per heavy atom. The second-order valence-corrected chi connectivity index (χ2v) is 14.9. The zero-order chi connectivity index (χ0) is 38.3. The Kier molecular flexibility index (Phi) is 13.2. The van der Waals surface area contributed by atoms with Gasteiger partial charge in [0.05, 0.1) is 17.5 Å². The van der Waals surface area contributed by atoms with Gasteiger partial charge in [-0.2, -0.15) is 13.2 Å². The van der Waals surface area contributed by atoms with Crippen molar-refractivity contribution in [1.82, 2.24) is 26.3 Å². The molecule has 0 saturated carbocycles. The van der Waals surface area contributed by atoms with Crippen molar-refractivity contribution in [3.05, 3.63) is 70.7 Å². The van der Waals surface area contributed by atoms with Gasteiger partial charge in [0.2, 0.25) is 17.7 Å². The van der Waals surface area contributed by atoms with Crippen molar-refractivity contribution in [3.8, 4) is 0 Å². The van der Waals surface area contributed by atoms with Crippen molar-refractivity contribution >= 4 is 28.6 Å². The molecule has 1 saturated heterocycles. The van der Waals surface area contributed by atoms with E-state index in [1.165, 1.54) is 24.3 Å². The summed E-state index contributed by atoms with van der Waals surface area (Å²) in [6, 6.07) is 8.53. The van der Waals surface area contributed by atoms with Crippen LogP contribution in [0.5, 0.6) is 0 Å². The smallest absolute Gasteiger partial charge is 0.381 e. The fourth-order valence-corrected chi connectivity index (χ4v) is 7.50. The van der Waals surface area contributed by atoms with Crippen LogP contribution in [0.25, 0.3) is 10.9 Å². The molecule has 9 nitrogen and oxygen atoms in total. The topological polar surface area (TPSA) is 124 Å². The van der Waals surface area contributed by atoms with E-state index in [0.29, 0.717) is 35.5 Å². The molecule has 53 heavy (non-hydrogen) atoms. The predicted molar refractivity (Wildman–Crippen MR) is 195 cm³/mol. The molecule has 0 radical (unpaired) electrons. The molecule has 1 fully saturated rings. The molecule has 2 heterocycles. The van der Waals surface area contributed by atoms with E-state index in [1.54, 1.807) is 19.1 Å². The number of rotatable bonds is 15. The van der Waals surface area contributed by atoms with Crippen molar-refractivity contribution in [1.29, 1.82) is 0 Å². The van der Waals surface area contributed by atoms with Gasteiger partial charge in [0.25, 0.3) is 0 Å². The van der Waals surface area contributed by atoms with Gasteiger partial charge in [-0.25, -0.2) is 4.39 Å². The van der Waals surface area contributed by atoms with Gasteiger partial charge in [-0.3, -0.25) is 14.4 Å². The molecule has 1 aromatic heterocycles. The first-order valence-corrected chi connectivity index (χ1v) is 18.9. The van der Waals surface area contributed by atoms with E-state index in [0.717, 1.165) is 45.1 Å². The zero-order valence-corrected chi connectivity index (χ0v) is 31.1. The first-order chi connectivity index (χ1) is 25.3. The first kappa shape index (κ1) is 40.2. The highest BCUT2D eigenvalue weighted by atomic mass is 19.4. The van der Waals surface area contributed by atoms with E-state index in [9.17, 15) is 31.9 Å². The molecule has 5 rings (SSSR count). The summed E-state index contributed by atoms with van der Waals surface area (Å²) < 4.78 is 62.1. The lowest BCUT2D eigenvalue weighted by Gasteiger charge is -2.40. The maximum absolute atomic E-state index is 14.7. The monoisotopic (exact) mass is 743 g/mol. The van der Waals surface area contributed by atoms with Gasteiger partial charge in [0.15, 0.2) is 0 Å². The molecule has 3 aromatic rings. The Bertz CT molecular complexity index is 1740. The molecule has 0 bridgehead atoms.